The quantitative estimate of drug-likeness (QED) is 0.594. The molecule has 0 aliphatic carbocycles. The summed E-state index contributed by atoms with van der Waals surface area (Å²) in [6.07, 6.45) is 0.105. The zero-order valence-corrected chi connectivity index (χ0v) is 15.9. The smallest absolute Gasteiger partial charge is 0.328 e. The third-order valence-corrected chi connectivity index (χ3v) is 4.80. The van der Waals surface area contributed by atoms with Gasteiger partial charge in [0.2, 0.25) is 11.8 Å². The van der Waals surface area contributed by atoms with Crippen LogP contribution in [-0.2, 0) is 25.3 Å². The Morgan fingerprint density at radius 3 is 2.54 bits per heavy atom. The van der Waals surface area contributed by atoms with E-state index in [0.717, 1.165) is 16.6 Å². The van der Waals surface area contributed by atoms with Gasteiger partial charge in [-0.2, -0.15) is 0 Å². The Kier molecular flexibility index (Phi) is 4.35. The van der Waals surface area contributed by atoms with Gasteiger partial charge in [-0.1, -0.05) is 18.2 Å². The van der Waals surface area contributed by atoms with Crippen LogP contribution in [0, 0.1) is 6.92 Å². The van der Waals surface area contributed by atoms with Gasteiger partial charge in [0.05, 0.1) is 23.1 Å². The molecule has 0 bridgehead atoms. The lowest BCUT2D eigenvalue weighted by Crippen LogP contribution is -2.19. The summed E-state index contributed by atoms with van der Waals surface area (Å²) in [6, 6.07) is 15.0. The summed E-state index contributed by atoms with van der Waals surface area (Å²) in [7, 11) is 3.43. The molecular weight excluding hydrogens is 356 g/mol. The van der Waals surface area contributed by atoms with Crippen LogP contribution in [0.25, 0.3) is 22.5 Å². The SMILES string of the molecule is Cc1oc(-c2ccccc2)nc1CC(=O)Nc1ccc2c(c1)n(C)c(=O)n2C. The number of carbonyl (C=O) groups excluding carboxylic acids is 1. The lowest BCUT2D eigenvalue weighted by Gasteiger charge is -2.05. The molecule has 0 saturated heterocycles. The fourth-order valence-corrected chi connectivity index (χ4v) is 3.24. The summed E-state index contributed by atoms with van der Waals surface area (Å²) in [5.41, 5.74) is 3.56. The minimum Gasteiger partial charge on any atom is -0.441 e. The molecule has 142 valence electrons. The molecule has 0 fully saturated rings. The maximum Gasteiger partial charge on any atom is 0.328 e. The van der Waals surface area contributed by atoms with Gasteiger partial charge in [0.1, 0.15) is 5.76 Å². The largest absolute Gasteiger partial charge is 0.441 e. The number of nitrogens with zero attached hydrogens (tertiary/aromatic N) is 3. The first-order valence-electron chi connectivity index (χ1n) is 8.91. The van der Waals surface area contributed by atoms with Gasteiger partial charge >= 0.3 is 5.69 Å². The average Bonchev–Trinajstić information content (AvgIpc) is 3.16. The molecule has 0 aliphatic heterocycles. The lowest BCUT2D eigenvalue weighted by molar-refractivity contribution is -0.115. The van der Waals surface area contributed by atoms with Gasteiger partial charge in [-0.05, 0) is 37.3 Å². The van der Waals surface area contributed by atoms with Gasteiger partial charge in [0.25, 0.3) is 0 Å². The van der Waals surface area contributed by atoms with Gasteiger partial charge in [-0.3, -0.25) is 13.9 Å². The molecule has 1 N–H and O–H groups in total. The molecule has 0 unspecified atom stereocenters. The third-order valence-electron chi connectivity index (χ3n) is 4.80. The molecule has 7 heteroatoms. The van der Waals surface area contributed by atoms with Crippen molar-refractivity contribution in [3.05, 3.63) is 70.5 Å². The summed E-state index contributed by atoms with van der Waals surface area (Å²) in [5, 5.41) is 2.87. The Labute approximate surface area is 161 Å². The van der Waals surface area contributed by atoms with E-state index >= 15 is 0 Å². The van der Waals surface area contributed by atoms with Crippen molar-refractivity contribution in [3.63, 3.8) is 0 Å². The van der Waals surface area contributed by atoms with E-state index in [0.29, 0.717) is 23.0 Å². The third kappa shape index (κ3) is 3.11. The van der Waals surface area contributed by atoms with E-state index in [1.54, 1.807) is 42.3 Å². The number of fused-ring (bicyclic) bond motifs is 1. The molecule has 4 rings (SSSR count). The number of aromatic nitrogens is 3. The van der Waals surface area contributed by atoms with Crippen LogP contribution in [0.15, 0.2) is 57.7 Å². The molecule has 1 amide bonds. The second-order valence-corrected chi connectivity index (χ2v) is 6.72. The standard InChI is InChI=1S/C21H20N4O3/c1-13-16(23-20(28-13)14-7-5-4-6-8-14)12-19(26)22-15-9-10-17-18(11-15)25(3)21(27)24(17)2/h4-11H,12H2,1-3H3,(H,22,26). The van der Waals surface area contributed by atoms with E-state index in [-0.39, 0.29) is 18.0 Å². The first-order chi connectivity index (χ1) is 13.4. The average molecular weight is 376 g/mol. The minimum absolute atomic E-state index is 0.105. The van der Waals surface area contributed by atoms with E-state index in [1.165, 1.54) is 0 Å². The number of hydrogen-bond acceptors (Lipinski definition) is 4. The Balaban J connectivity index is 1.54. The number of hydrogen-bond donors (Lipinski definition) is 1. The second-order valence-electron chi connectivity index (χ2n) is 6.72. The number of oxazole rings is 1. The van der Waals surface area contributed by atoms with Crippen molar-refractivity contribution in [3.8, 4) is 11.5 Å². The zero-order valence-electron chi connectivity index (χ0n) is 15.9. The number of amides is 1. The van der Waals surface area contributed by atoms with Gasteiger partial charge in [-0.25, -0.2) is 9.78 Å². The molecule has 0 atom stereocenters. The van der Waals surface area contributed by atoms with Crippen LogP contribution in [0.4, 0.5) is 5.69 Å². The number of imidazole rings is 1. The summed E-state index contributed by atoms with van der Waals surface area (Å²) in [6.45, 7) is 1.80. The fraction of sp³-hybridized carbons (Fsp3) is 0.190. The van der Waals surface area contributed by atoms with Gasteiger partial charge in [0.15, 0.2) is 0 Å². The predicted molar refractivity (Wildman–Crippen MR) is 107 cm³/mol. The van der Waals surface area contributed by atoms with E-state index in [2.05, 4.69) is 10.3 Å². The predicted octanol–water partition coefficient (Wildman–Crippen LogP) is 3.02. The Morgan fingerprint density at radius 1 is 1.07 bits per heavy atom. The van der Waals surface area contributed by atoms with Crippen molar-refractivity contribution < 1.29 is 9.21 Å². The molecule has 0 saturated carbocycles. The molecule has 0 radical (unpaired) electrons. The first-order valence-corrected chi connectivity index (χ1v) is 8.91. The van der Waals surface area contributed by atoms with Crippen LogP contribution in [0.3, 0.4) is 0 Å². The molecular formula is C21H20N4O3. The van der Waals surface area contributed by atoms with E-state index in [9.17, 15) is 9.59 Å². The number of nitrogens with one attached hydrogen (secondary N) is 1. The summed E-state index contributed by atoms with van der Waals surface area (Å²) >= 11 is 0. The molecule has 28 heavy (non-hydrogen) atoms. The van der Waals surface area contributed by atoms with Crippen LogP contribution in [0.1, 0.15) is 11.5 Å². The van der Waals surface area contributed by atoms with Gasteiger partial charge in [-0.15, -0.1) is 0 Å². The Bertz CT molecular complexity index is 1230. The number of carbonyl (C=O) groups is 1. The highest BCUT2D eigenvalue weighted by molar-refractivity contribution is 5.94. The molecule has 7 nitrogen and oxygen atoms in total. The topological polar surface area (TPSA) is 82.1 Å². The normalized spacial score (nSPS) is 11.1. The number of aryl methyl sites for hydroxylation is 3. The van der Waals surface area contributed by atoms with Crippen LogP contribution in [0.5, 0.6) is 0 Å². The highest BCUT2D eigenvalue weighted by atomic mass is 16.4. The monoisotopic (exact) mass is 376 g/mol. The van der Waals surface area contributed by atoms with E-state index in [4.69, 9.17) is 4.42 Å². The first kappa shape index (κ1) is 17.8. The van der Waals surface area contributed by atoms with Crippen molar-refractivity contribution in [2.75, 3.05) is 5.32 Å². The summed E-state index contributed by atoms with van der Waals surface area (Å²) in [5.74, 6) is 0.924. The lowest BCUT2D eigenvalue weighted by atomic mass is 10.2. The molecule has 4 aromatic rings. The van der Waals surface area contributed by atoms with Crippen molar-refractivity contribution in [1.29, 1.82) is 0 Å². The highest BCUT2D eigenvalue weighted by Gasteiger charge is 2.15. The maximum atomic E-state index is 12.5. The molecule has 2 aromatic carbocycles. The number of benzene rings is 2. The van der Waals surface area contributed by atoms with Gasteiger partial charge in [0, 0.05) is 25.3 Å². The summed E-state index contributed by atoms with van der Waals surface area (Å²) in [4.78, 5) is 29.0. The highest BCUT2D eigenvalue weighted by Crippen LogP contribution is 2.22. The second kappa shape index (κ2) is 6.84. The number of anilines is 1. The van der Waals surface area contributed by atoms with Crippen LogP contribution >= 0.6 is 0 Å². The van der Waals surface area contributed by atoms with Crippen molar-refractivity contribution in [2.24, 2.45) is 14.1 Å². The maximum absolute atomic E-state index is 12.5. The molecule has 2 aromatic heterocycles. The van der Waals surface area contributed by atoms with Crippen molar-refractivity contribution in [1.82, 2.24) is 14.1 Å². The van der Waals surface area contributed by atoms with Crippen LogP contribution < -0.4 is 11.0 Å². The van der Waals surface area contributed by atoms with E-state index in [1.807, 2.05) is 36.4 Å². The van der Waals surface area contributed by atoms with Crippen LogP contribution in [0.2, 0.25) is 0 Å². The Morgan fingerprint density at radius 2 is 1.79 bits per heavy atom. The van der Waals surface area contributed by atoms with Crippen molar-refractivity contribution in [2.45, 2.75) is 13.3 Å². The van der Waals surface area contributed by atoms with Gasteiger partial charge < -0.3 is 9.73 Å². The van der Waals surface area contributed by atoms with E-state index < -0.39 is 0 Å². The molecule has 0 spiro atoms. The Hall–Kier alpha value is -3.61. The fourth-order valence-electron chi connectivity index (χ4n) is 3.24. The summed E-state index contributed by atoms with van der Waals surface area (Å²) < 4.78 is 8.84. The van der Waals surface area contributed by atoms with Crippen LogP contribution in [-0.4, -0.2) is 20.0 Å². The van der Waals surface area contributed by atoms with Crippen molar-refractivity contribution >= 4 is 22.6 Å². The molecule has 0 aliphatic rings. The minimum atomic E-state index is -0.198. The number of rotatable bonds is 4. The molecule has 2 heterocycles. The zero-order chi connectivity index (χ0) is 19.8.